The third-order valence-corrected chi connectivity index (χ3v) is 5.72. The molecule has 194 valence electrons. The van der Waals surface area contributed by atoms with Crippen LogP contribution in [0.1, 0.15) is 43.5 Å². The number of nitrogens with one attached hydrogen (secondary N) is 1. The summed E-state index contributed by atoms with van der Waals surface area (Å²) in [4.78, 5) is 13.3. The third kappa shape index (κ3) is 6.08. The summed E-state index contributed by atoms with van der Waals surface area (Å²) in [6.07, 6.45) is 3.73. The molecule has 4 heterocycles. The van der Waals surface area contributed by atoms with Crippen LogP contribution in [0.5, 0.6) is 11.5 Å². The van der Waals surface area contributed by atoms with Gasteiger partial charge in [-0.2, -0.15) is 5.10 Å². The first-order valence-corrected chi connectivity index (χ1v) is 12.6. The quantitative estimate of drug-likeness (QED) is 0.265. The van der Waals surface area contributed by atoms with Crippen molar-refractivity contribution in [3.63, 3.8) is 0 Å². The van der Waals surface area contributed by atoms with E-state index in [1.54, 1.807) is 6.20 Å². The first kappa shape index (κ1) is 25.2. The Morgan fingerprint density at radius 1 is 0.895 bits per heavy atom. The van der Waals surface area contributed by atoms with Gasteiger partial charge in [-0.15, -0.1) is 0 Å². The molecule has 0 spiro atoms. The Morgan fingerprint density at radius 3 is 2.53 bits per heavy atom. The summed E-state index contributed by atoms with van der Waals surface area (Å²) in [5, 5.41) is 7.93. The van der Waals surface area contributed by atoms with Crippen molar-refractivity contribution >= 4 is 17.2 Å². The van der Waals surface area contributed by atoms with Crippen LogP contribution in [-0.4, -0.2) is 30.2 Å². The van der Waals surface area contributed by atoms with Gasteiger partial charge in [0, 0.05) is 35.3 Å². The molecule has 0 fully saturated rings. The predicted octanol–water partition coefficient (Wildman–Crippen LogP) is 6.61. The van der Waals surface area contributed by atoms with Crippen molar-refractivity contribution in [2.75, 3.05) is 5.32 Å². The van der Waals surface area contributed by atoms with E-state index in [1.165, 1.54) is 0 Å². The minimum atomic E-state index is -0.262. The Balaban J connectivity index is 1.39. The Labute approximate surface area is 222 Å². The van der Waals surface area contributed by atoms with Gasteiger partial charge in [-0.05, 0) is 83.0 Å². The Kier molecular flexibility index (Phi) is 6.72. The fourth-order valence-corrected chi connectivity index (χ4v) is 4.24. The number of ether oxygens (including phenoxy) is 2. The van der Waals surface area contributed by atoms with Crippen LogP contribution < -0.4 is 14.8 Å². The highest BCUT2D eigenvalue weighted by atomic mass is 16.5. The van der Waals surface area contributed by atoms with Crippen LogP contribution in [0, 0.1) is 20.8 Å². The number of rotatable bonds is 7. The average Bonchev–Trinajstić information content (AvgIpc) is 3.23. The SMILES string of the molecule is Cc1cc(-c2ccn3nc(Nc4cc(C)nc(C)n4)cc3c2)c(OCc2cccc(OC(C)(C)C)c2)cn1. The van der Waals surface area contributed by atoms with Crippen molar-refractivity contribution in [1.29, 1.82) is 0 Å². The van der Waals surface area contributed by atoms with E-state index in [9.17, 15) is 0 Å². The number of benzene rings is 1. The third-order valence-electron chi connectivity index (χ3n) is 5.72. The summed E-state index contributed by atoms with van der Waals surface area (Å²) in [7, 11) is 0. The van der Waals surface area contributed by atoms with Crippen LogP contribution in [-0.2, 0) is 6.61 Å². The van der Waals surface area contributed by atoms with Crippen molar-refractivity contribution in [1.82, 2.24) is 24.6 Å². The molecular weight excluding hydrogens is 476 g/mol. The van der Waals surface area contributed by atoms with Crippen LogP contribution in [0.4, 0.5) is 11.6 Å². The molecule has 0 amide bonds. The largest absolute Gasteiger partial charge is 0.488 e. The Bertz CT molecular complexity index is 1580. The predicted molar refractivity (Wildman–Crippen MR) is 149 cm³/mol. The van der Waals surface area contributed by atoms with Gasteiger partial charge in [0.1, 0.15) is 35.3 Å². The molecule has 0 saturated heterocycles. The van der Waals surface area contributed by atoms with Gasteiger partial charge in [-0.3, -0.25) is 4.98 Å². The molecule has 5 rings (SSSR count). The van der Waals surface area contributed by atoms with E-state index in [-0.39, 0.29) is 5.60 Å². The number of pyridine rings is 2. The number of aromatic nitrogens is 5. The molecule has 5 aromatic rings. The van der Waals surface area contributed by atoms with Gasteiger partial charge in [0.25, 0.3) is 0 Å². The lowest BCUT2D eigenvalue weighted by Gasteiger charge is -2.21. The summed E-state index contributed by atoms with van der Waals surface area (Å²) < 4.78 is 14.1. The van der Waals surface area contributed by atoms with Gasteiger partial charge in [0.2, 0.25) is 0 Å². The van der Waals surface area contributed by atoms with Crippen LogP contribution >= 0.6 is 0 Å². The van der Waals surface area contributed by atoms with Crippen LogP contribution in [0.3, 0.4) is 0 Å². The Hall–Kier alpha value is -4.46. The highest BCUT2D eigenvalue weighted by Gasteiger charge is 2.14. The molecule has 8 heteroatoms. The lowest BCUT2D eigenvalue weighted by Crippen LogP contribution is -2.22. The molecule has 1 N–H and O–H groups in total. The number of nitrogens with zero attached hydrogens (tertiary/aromatic N) is 5. The van der Waals surface area contributed by atoms with E-state index in [0.717, 1.165) is 45.2 Å². The van der Waals surface area contributed by atoms with Crippen molar-refractivity contribution in [3.05, 3.63) is 89.8 Å². The van der Waals surface area contributed by atoms with E-state index >= 15 is 0 Å². The molecule has 38 heavy (non-hydrogen) atoms. The molecule has 0 unspecified atom stereocenters. The van der Waals surface area contributed by atoms with Crippen molar-refractivity contribution in [2.45, 2.75) is 53.8 Å². The van der Waals surface area contributed by atoms with Crippen LogP contribution in [0.15, 0.2) is 67.0 Å². The number of hydrogen-bond acceptors (Lipinski definition) is 7. The smallest absolute Gasteiger partial charge is 0.154 e. The lowest BCUT2D eigenvalue weighted by atomic mass is 10.1. The number of anilines is 2. The molecule has 4 aromatic heterocycles. The zero-order valence-electron chi connectivity index (χ0n) is 22.6. The first-order valence-electron chi connectivity index (χ1n) is 12.6. The highest BCUT2D eigenvalue weighted by Crippen LogP contribution is 2.32. The molecule has 0 aliphatic rings. The zero-order valence-corrected chi connectivity index (χ0v) is 22.6. The van der Waals surface area contributed by atoms with Gasteiger partial charge in [0.15, 0.2) is 5.82 Å². The van der Waals surface area contributed by atoms with E-state index in [0.29, 0.717) is 24.0 Å². The number of fused-ring (bicyclic) bond motifs is 1. The number of hydrogen-bond donors (Lipinski definition) is 1. The summed E-state index contributed by atoms with van der Waals surface area (Å²) in [6.45, 7) is 12.3. The average molecular weight is 509 g/mol. The molecule has 0 aliphatic carbocycles. The molecule has 1 aromatic carbocycles. The topological polar surface area (TPSA) is 86.5 Å². The maximum atomic E-state index is 6.27. The molecule has 0 radical (unpaired) electrons. The molecular formula is C30H32N6O2. The van der Waals surface area contributed by atoms with Crippen molar-refractivity contribution in [2.24, 2.45) is 0 Å². The van der Waals surface area contributed by atoms with Crippen LogP contribution in [0.25, 0.3) is 16.6 Å². The van der Waals surface area contributed by atoms with Gasteiger partial charge in [-0.1, -0.05) is 12.1 Å². The Morgan fingerprint density at radius 2 is 1.74 bits per heavy atom. The molecule has 0 saturated carbocycles. The summed E-state index contributed by atoms with van der Waals surface area (Å²) in [6, 6.07) is 18.0. The van der Waals surface area contributed by atoms with Gasteiger partial charge < -0.3 is 14.8 Å². The standard InChI is InChI=1S/C30H32N6O2/c1-19-12-26(27(17-31-19)37-18-22-8-7-9-25(14-22)38-30(4,5)6)23-10-11-36-24(15-23)16-29(35-36)34-28-13-20(2)32-21(3)33-28/h7-17H,18H2,1-6H3,(H,32,33,34,35). The van der Waals surface area contributed by atoms with E-state index in [2.05, 4.69) is 31.4 Å². The maximum absolute atomic E-state index is 6.27. The monoisotopic (exact) mass is 508 g/mol. The van der Waals surface area contributed by atoms with E-state index in [1.807, 2.05) is 101 Å². The minimum Gasteiger partial charge on any atom is -0.488 e. The molecule has 0 atom stereocenters. The zero-order chi connectivity index (χ0) is 26.9. The first-order chi connectivity index (χ1) is 18.1. The second-order valence-corrected chi connectivity index (χ2v) is 10.4. The number of aryl methyl sites for hydroxylation is 3. The lowest BCUT2D eigenvalue weighted by molar-refractivity contribution is 0.130. The fraction of sp³-hybridized carbons (Fsp3) is 0.267. The fourth-order valence-electron chi connectivity index (χ4n) is 4.24. The van der Waals surface area contributed by atoms with E-state index in [4.69, 9.17) is 9.47 Å². The summed E-state index contributed by atoms with van der Waals surface area (Å²) in [5.41, 5.74) is 5.51. The second kappa shape index (κ2) is 10.1. The summed E-state index contributed by atoms with van der Waals surface area (Å²) >= 11 is 0. The molecule has 0 aliphatic heterocycles. The van der Waals surface area contributed by atoms with E-state index < -0.39 is 0 Å². The summed E-state index contributed by atoms with van der Waals surface area (Å²) in [5.74, 6) is 3.68. The van der Waals surface area contributed by atoms with Crippen molar-refractivity contribution in [3.8, 4) is 22.6 Å². The molecule has 8 nitrogen and oxygen atoms in total. The van der Waals surface area contributed by atoms with Gasteiger partial charge >= 0.3 is 0 Å². The van der Waals surface area contributed by atoms with Crippen LogP contribution in [0.2, 0.25) is 0 Å². The molecule has 0 bridgehead atoms. The second-order valence-electron chi connectivity index (χ2n) is 10.4. The van der Waals surface area contributed by atoms with Gasteiger partial charge in [0.05, 0.1) is 11.7 Å². The highest BCUT2D eigenvalue weighted by molar-refractivity contribution is 5.75. The van der Waals surface area contributed by atoms with Crippen molar-refractivity contribution < 1.29 is 9.47 Å². The minimum absolute atomic E-state index is 0.262. The maximum Gasteiger partial charge on any atom is 0.154 e. The van der Waals surface area contributed by atoms with Gasteiger partial charge in [-0.25, -0.2) is 14.5 Å². The normalized spacial score (nSPS) is 11.5.